The standard InChI is InChI=1S/C12H13NSe/c1-3-11-9(2)14-12(13-11)10-7-5-4-6-8-10/h4-8H,3H2,1-2H3. The molecule has 1 heterocycles. The number of hydrogen-bond donors (Lipinski definition) is 0. The van der Waals surface area contributed by atoms with Crippen molar-refractivity contribution in [1.82, 2.24) is 4.98 Å². The third-order valence-electron chi connectivity index (χ3n) is 2.25. The molecule has 2 rings (SSSR count). The minimum atomic E-state index is 0.451. The molecule has 0 fully saturated rings. The van der Waals surface area contributed by atoms with Crippen molar-refractivity contribution in [3.8, 4) is 10.1 Å². The van der Waals surface area contributed by atoms with Crippen LogP contribution in [0.1, 0.15) is 17.1 Å². The van der Waals surface area contributed by atoms with Gasteiger partial charge in [0.25, 0.3) is 0 Å². The van der Waals surface area contributed by atoms with Gasteiger partial charge in [-0.2, -0.15) is 0 Å². The van der Waals surface area contributed by atoms with E-state index < -0.39 is 0 Å². The molecule has 0 unspecified atom stereocenters. The summed E-state index contributed by atoms with van der Waals surface area (Å²) in [7, 11) is 0. The fraction of sp³-hybridized carbons (Fsp3) is 0.250. The van der Waals surface area contributed by atoms with Crippen molar-refractivity contribution in [2.75, 3.05) is 0 Å². The number of nitrogens with zero attached hydrogens (tertiary/aromatic N) is 1. The molecular weight excluding hydrogens is 237 g/mol. The Labute approximate surface area is 90.6 Å². The second kappa shape index (κ2) is 4.12. The molecule has 0 atom stereocenters. The van der Waals surface area contributed by atoms with E-state index in [-0.39, 0.29) is 0 Å². The average molecular weight is 250 g/mol. The molecule has 0 spiro atoms. The predicted molar refractivity (Wildman–Crippen MR) is 60.7 cm³/mol. The van der Waals surface area contributed by atoms with Crippen molar-refractivity contribution in [3.63, 3.8) is 0 Å². The summed E-state index contributed by atoms with van der Waals surface area (Å²) >= 11 is 0.451. The predicted octanol–water partition coefficient (Wildman–Crippen LogP) is 2.68. The topological polar surface area (TPSA) is 12.9 Å². The first-order chi connectivity index (χ1) is 6.81. The van der Waals surface area contributed by atoms with Crippen LogP contribution in [0.4, 0.5) is 0 Å². The molecule has 0 N–H and O–H groups in total. The van der Waals surface area contributed by atoms with Gasteiger partial charge in [-0.15, -0.1) is 0 Å². The van der Waals surface area contributed by atoms with E-state index >= 15 is 0 Å². The van der Waals surface area contributed by atoms with Crippen LogP contribution in [0.3, 0.4) is 0 Å². The van der Waals surface area contributed by atoms with Crippen molar-refractivity contribution in [3.05, 3.63) is 40.5 Å². The van der Waals surface area contributed by atoms with E-state index in [4.69, 9.17) is 0 Å². The Morgan fingerprint density at radius 1 is 1.21 bits per heavy atom. The number of rotatable bonds is 2. The van der Waals surface area contributed by atoms with Crippen molar-refractivity contribution < 1.29 is 0 Å². The zero-order chi connectivity index (χ0) is 9.97. The molecule has 0 amide bonds. The first kappa shape index (κ1) is 9.69. The van der Waals surface area contributed by atoms with Crippen LogP contribution in [0.5, 0.6) is 0 Å². The molecule has 0 bridgehead atoms. The SMILES string of the molecule is CCc1nc(-c2ccccc2)[se]c1C. The fourth-order valence-corrected chi connectivity index (χ4v) is 3.57. The van der Waals surface area contributed by atoms with Gasteiger partial charge in [0.15, 0.2) is 0 Å². The number of aromatic nitrogens is 1. The Morgan fingerprint density at radius 2 is 1.93 bits per heavy atom. The normalized spacial score (nSPS) is 10.4. The molecule has 0 radical (unpaired) electrons. The number of hydrogen-bond acceptors (Lipinski definition) is 1. The zero-order valence-corrected chi connectivity index (χ0v) is 10.2. The Kier molecular flexibility index (Phi) is 2.85. The molecule has 0 saturated carbocycles. The number of aryl methyl sites for hydroxylation is 2. The fourth-order valence-electron chi connectivity index (χ4n) is 1.46. The second-order valence-corrected chi connectivity index (χ2v) is 5.77. The van der Waals surface area contributed by atoms with E-state index in [1.807, 2.05) is 6.07 Å². The summed E-state index contributed by atoms with van der Waals surface area (Å²) in [6.07, 6.45) is 1.06. The molecule has 14 heavy (non-hydrogen) atoms. The van der Waals surface area contributed by atoms with Crippen LogP contribution in [-0.4, -0.2) is 19.5 Å². The van der Waals surface area contributed by atoms with Crippen LogP contribution >= 0.6 is 0 Å². The summed E-state index contributed by atoms with van der Waals surface area (Å²) in [4.78, 5) is 4.68. The Bertz CT molecular complexity index is 417. The molecule has 2 heteroatoms. The molecule has 72 valence electrons. The summed E-state index contributed by atoms with van der Waals surface area (Å²) in [5, 5.41) is 0. The average Bonchev–Trinajstić information content (AvgIpc) is 2.61. The first-order valence-electron chi connectivity index (χ1n) is 4.83. The Morgan fingerprint density at radius 3 is 2.50 bits per heavy atom. The van der Waals surface area contributed by atoms with E-state index in [0.29, 0.717) is 14.5 Å². The van der Waals surface area contributed by atoms with Crippen molar-refractivity contribution in [2.45, 2.75) is 20.3 Å². The van der Waals surface area contributed by atoms with Crippen molar-refractivity contribution >= 4 is 14.5 Å². The molecule has 1 nitrogen and oxygen atoms in total. The summed E-state index contributed by atoms with van der Waals surface area (Å²) in [6, 6.07) is 10.5. The summed E-state index contributed by atoms with van der Waals surface area (Å²) < 4.78 is 2.77. The van der Waals surface area contributed by atoms with Crippen LogP contribution in [0.2, 0.25) is 0 Å². The Hall–Kier alpha value is -0.851. The van der Waals surface area contributed by atoms with Crippen LogP contribution in [0, 0.1) is 6.92 Å². The van der Waals surface area contributed by atoms with Crippen LogP contribution in [-0.2, 0) is 6.42 Å². The third kappa shape index (κ3) is 1.82. The molecule has 1 aromatic carbocycles. The zero-order valence-electron chi connectivity index (χ0n) is 8.45. The van der Waals surface area contributed by atoms with Gasteiger partial charge in [0.2, 0.25) is 0 Å². The molecular formula is C12H13NSe. The molecule has 2 aromatic rings. The maximum absolute atomic E-state index is 4.68. The van der Waals surface area contributed by atoms with Crippen molar-refractivity contribution in [1.29, 1.82) is 0 Å². The van der Waals surface area contributed by atoms with E-state index in [2.05, 4.69) is 43.1 Å². The van der Waals surface area contributed by atoms with Crippen LogP contribution in [0.15, 0.2) is 30.3 Å². The van der Waals surface area contributed by atoms with Crippen LogP contribution < -0.4 is 0 Å². The van der Waals surface area contributed by atoms with E-state index in [0.717, 1.165) is 6.42 Å². The quantitative estimate of drug-likeness (QED) is 0.747. The summed E-state index contributed by atoms with van der Waals surface area (Å²) in [5.74, 6) is 0. The van der Waals surface area contributed by atoms with Gasteiger partial charge in [0.1, 0.15) is 0 Å². The third-order valence-corrected chi connectivity index (χ3v) is 4.48. The molecule has 0 saturated heterocycles. The van der Waals surface area contributed by atoms with Gasteiger partial charge in [-0.1, -0.05) is 0 Å². The molecule has 0 aliphatic carbocycles. The Balaban J connectivity index is 2.43. The van der Waals surface area contributed by atoms with Gasteiger partial charge in [-0.05, 0) is 0 Å². The second-order valence-electron chi connectivity index (χ2n) is 3.24. The number of benzene rings is 1. The van der Waals surface area contributed by atoms with Gasteiger partial charge in [-0.3, -0.25) is 0 Å². The van der Waals surface area contributed by atoms with Gasteiger partial charge in [-0.25, -0.2) is 0 Å². The van der Waals surface area contributed by atoms with Gasteiger partial charge in [0, 0.05) is 0 Å². The molecule has 0 aliphatic heterocycles. The van der Waals surface area contributed by atoms with E-state index in [1.165, 1.54) is 20.3 Å². The van der Waals surface area contributed by atoms with Gasteiger partial charge < -0.3 is 0 Å². The molecule has 0 aliphatic rings. The van der Waals surface area contributed by atoms with Crippen molar-refractivity contribution in [2.24, 2.45) is 0 Å². The minimum absolute atomic E-state index is 0.451. The van der Waals surface area contributed by atoms with Gasteiger partial charge in [0.05, 0.1) is 0 Å². The summed E-state index contributed by atoms with van der Waals surface area (Å²) in [6.45, 7) is 4.38. The summed E-state index contributed by atoms with van der Waals surface area (Å²) in [5.41, 5.74) is 2.58. The van der Waals surface area contributed by atoms with E-state index in [9.17, 15) is 0 Å². The molecule has 1 aromatic heterocycles. The first-order valence-corrected chi connectivity index (χ1v) is 6.54. The van der Waals surface area contributed by atoms with Gasteiger partial charge >= 0.3 is 90.4 Å². The maximum atomic E-state index is 4.68. The monoisotopic (exact) mass is 251 g/mol. The van der Waals surface area contributed by atoms with Crippen LogP contribution in [0.25, 0.3) is 10.1 Å². The van der Waals surface area contributed by atoms with E-state index in [1.54, 1.807) is 0 Å².